The zero-order valence-electron chi connectivity index (χ0n) is 11.4. The van der Waals surface area contributed by atoms with Crippen LogP contribution < -0.4 is 15.8 Å². The van der Waals surface area contributed by atoms with Gasteiger partial charge in [0.2, 0.25) is 5.91 Å². The van der Waals surface area contributed by atoms with E-state index < -0.39 is 0 Å². The number of hydrogen-bond donors (Lipinski definition) is 2. The second-order valence-corrected chi connectivity index (χ2v) is 5.11. The summed E-state index contributed by atoms with van der Waals surface area (Å²) in [5, 5.41) is 3.19. The lowest BCUT2D eigenvalue weighted by molar-refractivity contribution is -0.122. The summed E-state index contributed by atoms with van der Waals surface area (Å²) in [6.07, 6.45) is 4.62. The van der Waals surface area contributed by atoms with Gasteiger partial charge in [-0.1, -0.05) is 25.0 Å². The molecule has 0 aliphatic heterocycles. The van der Waals surface area contributed by atoms with Crippen molar-refractivity contribution in [2.45, 2.75) is 37.6 Å². The molecule has 104 valence electrons. The first-order valence-electron chi connectivity index (χ1n) is 6.86. The average Bonchev–Trinajstić information content (AvgIpc) is 2.89. The Hall–Kier alpha value is -1.55. The second kappa shape index (κ2) is 6.06. The van der Waals surface area contributed by atoms with Crippen LogP contribution in [0.3, 0.4) is 0 Å². The topological polar surface area (TPSA) is 64.3 Å². The smallest absolute Gasteiger partial charge is 0.221 e. The monoisotopic (exact) mass is 262 g/mol. The number of benzene rings is 1. The van der Waals surface area contributed by atoms with Gasteiger partial charge in [-0.2, -0.15) is 0 Å². The number of carbonyl (C=O) groups excluding carboxylic acids is 1. The molecule has 0 aromatic heterocycles. The fourth-order valence-corrected chi connectivity index (χ4v) is 2.85. The molecule has 0 bridgehead atoms. The molecule has 1 aliphatic rings. The van der Waals surface area contributed by atoms with Crippen LogP contribution in [0.1, 0.15) is 37.7 Å². The van der Waals surface area contributed by atoms with Crippen molar-refractivity contribution < 1.29 is 9.53 Å². The summed E-state index contributed by atoms with van der Waals surface area (Å²) < 4.78 is 5.28. The first-order valence-corrected chi connectivity index (χ1v) is 6.86. The molecule has 1 fully saturated rings. The lowest BCUT2D eigenvalue weighted by Crippen LogP contribution is -2.44. The van der Waals surface area contributed by atoms with Gasteiger partial charge in [-0.25, -0.2) is 0 Å². The summed E-state index contributed by atoms with van der Waals surface area (Å²) >= 11 is 0. The minimum absolute atomic E-state index is 0.0345. The summed E-state index contributed by atoms with van der Waals surface area (Å²) in [6.45, 7) is 0.389. The highest BCUT2D eigenvalue weighted by Gasteiger charge is 2.36. The lowest BCUT2D eigenvalue weighted by atomic mass is 9.87. The Morgan fingerprint density at radius 1 is 1.42 bits per heavy atom. The van der Waals surface area contributed by atoms with Crippen molar-refractivity contribution in [3.8, 4) is 5.75 Å². The molecule has 0 atom stereocenters. The van der Waals surface area contributed by atoms with E-state index in [0.29, 0.717) is 13.0 Å². The number of methoxy groups -OCH3 is 1. The third kappa shape index (κ3) is 3.07. The minimum Gasteiger partial charge on any atom is -0.497 e. The Kier molecular flexibility index (Phi) is 4.43. The van der Waals surface area contributed by atoms with Crippen LogP contribution in [0, 0.1) is 0 Å². The molecule has 1 aliphatic carbocycles. The number of ether oxygens (including phenoxy) is 1. The molecule has 3 N–H and O–H groups in total. The van der Waals surface area contributed by atoms with Crippen molar-refractivity contribution in [2.75, 3.05) is 13.7 Å². The molecule has 2 rings (SSSR count). The fourth-order valence-electron chi connectivity index (χ4n) is 2.85. The van der Waals surface area contributed by atoms with E-state index in [4.69, 9.17) is 10.5 Å². The zero-order chi connectivity index (χ0) is 13.7. The molecule has 4 heteroatoms. The van der Waals surface area contributed by atoms with Crippen molar-refractivity contribution in [1.29, 1.82) is 0 Å². The number of nitrogens with one attached hydrogen (secondary N) is 1. The molecule has 0 saturated heterocycles. The van der Waals surface area contributed by atoms with E-state index in [1.54, 1.807) is 7.11 Å². The third-order valence-electron chi connectivity index (χ3n) is 3.83. The van der Waals surface area contributed by atoms with Crippen LogP contribution in [0.5, 0.6) is 5.75 Å². The van der Waals surface area contributed by atoms with Crippen LogP contribution in [0.4, 0.5) is 0 Å². The number of rotatable bonds is 5. The molecule has 1 aromatic carbocycles. The highest BCUT2D eigenvalue weighted by molar-refractivity contribution is 5.77. The maximum absolute atomic E-state index is 11.9. The zero-order valence-corrected chi connectivity index (χ0v) is 11.4. The average molecular weight is 262 g/mol. The molecule has 0 spiro atoms. The Balaban J connectivity index is 2.25. The van der Waals surface area contributed by atoms with E-state index in [-0.39, 0.29) is 11.4 Å². The molecule has 1 amide bonds. The van der Waals surface area contributed by atoms with E-state index in [9.17, 15) is 4.79 Å². The van der Waals surface area contributed by atoms with Gasteiger partial charge in [0.25, 0.3) is 0 Å². The summed E-state index contributed by atoms with van der Waals surface area (Å²) in [5.41, 5.74) is 6.35. The van der Waals surface area contributed by atoms with E-state index in [1.807, 2.05) is 18.2 Å². The second-order valence-electron chi connectivity index (χ2n) is 5.11. The maximum Gasteiger partial charge on any atom is 0.221 e. The molecule has 0 unspecified atom stereocenters. The summed E-state index contributed by atoms with van der Waals surface area (Å²) in [5.74, 6) is 0.865. The van der Waals surface area contributed by atoms with Gasteiger partial charge < -0.3 is 15.8 Å². The van der Waals surface area contributed by atoms with Crippen LogP contribution in [0.2, 0.25) is 0 Å². The van der Waals surface area contributed by atoms with Crippen molar-refractivity contribution in [3.63, 3.8) is 0 Å². The predicted octanol–water partition coefficient (Wildman–Crippen LogP) is 1.93. The summed E-state index contributed by atoms with van der Waals surface area (Å²) in [4.78, 5) is 11.9. The molecular formula is C15H22N2O2. The molecular weight excluding hydrogens is 240 g/mol. The number of hydrogen-bond acceptors (Lipinski definition) is 3. The quantitative estimate of drug-likeness (QED) is 0.852. The van der Waals surface area contributed by atoms with E-state index in [2.05, 4.69) is 11.4 Å². The molecule has 1 aromatic rings. The Morgan fingerprint density at radius 3 is 2.79 bits per heavy atom. The highest BCUT2D eigenvalue weighted by atomic mass is 16.5. The van der Waals surface area contributed by atoms with E-state index in [0.717, 1.165) is 37.0 Å². The Labute approximate surface area is 114 Å². The molecule has 0 heterocycles. The first kappa shape index (κ1) is 13.9. The predicted molar refractivity (Wildman–Crippen MR) is 75.0 cm³/mol. The minimum atomic E-state index is -0.235. The van der Waals surface area contributed by atoms with Gasteiger partial charge in [-0.05, 0) is 30.5 Å². The van der Waals surface area contributed by atoms with Gasteiger partial charge in [-0.15, -0.1) is 0 Å². The normalized spacial score (nSPS) is 17.2. The summed E-state index contributed by atoms with van der Waals surface area (Å²) in [6, 6.07) is 7.99. The number of carbonyl (C=O) groups is 1. The van der Waals surface area contributed by atoms with Gasteiger partial charge in [0.1, 0.15) is 5.75 Å². The van der Waals surface area contributed by atoms with Crippen molar-refractivity contribution >= 4 is 5.91 Å². The van der Waals surface area contributed by atoms with E-state index >= 15 is 0 Å². The van der Waals surface area contributed by atoms with Crippen molar-refractivity contribution in [3.05, 3.63) is 29.8 Å². The van der Waals surface area contributed by atoms with Gasteiger partial charge in [-0.3, -0.25) is 4.79 Å². The van der Waals surface area contributed by atoms with Crippen LogP contribution >= 0.6 is 0 Å². The van der Waals surface area contributed by atoms with Gasteiger partial charge >= 0.3 is 0 Å². The van der Waals surface area contributed by atoms with Crippen LogP contribution in [-0.4, -0.2) is 19.6 Å². The van der Waals surface area contributed by atoms with Crippen molar-refractivity contribution in [2.24, 2.45) is 5.73 Å². The SMILES string of the molecule is COc1cccc(C2(NC(=O)CCN)CCCC2)c1. The first-order chi connectivity index (χ1) is 9.20. The molecule has 1 saturated carbocycles. The molecule has 4 nitrogen and oxygen atoms in total. The number of nitrogens with two attached hydrogens (primary N) is 1. The maximum atomic E-state index is 11.9. The van der Waals surface area contributed by atoms with E-state index in [1.165, 1.54) is 0 Å². The summed E-state index contributed by atoms with van der Waals surface area (Å²) in [7, 11) is 1.66. The fraction of sp³-hybridized carbons (Fsp3) is 0.533. The Morgan fingerprint density at radius 2 is 2.16 bits per heavy atom. The Bertz CT molecular complexity index is 440. The van der Waals surface area contributed by atoms with Gasteiger partial charge in [0.05, 0.1) is 12.6 Å². The van der Waals surface area contributed by atoms with Crippen LogP contribution in [0.15, 0.2) is 24.3 Å². The lowest BCUT2D eigenvalue weighted by Gasteiger charge is -2.31. The third-order valence-corrected chi connectivity index (χ3v) is 3.83. The standard InChI is InChI=1S/C15H22N2O2/c1-19-13-6-4-5-12(11-13)15(8-2-3-9-15)17-14(18)7-10-16/h4-6,11H,2-3,7-10,16H2,1H3,(H,17,18). The van der Waals surface area contributed by atoms with Crippen LogP contribution in [0.25, 0.3) is 0 Å². The largest absolute Gasteiger partial charge is 0.497 e. The van der Waals surface area contributed by atoms with Gasteiger partial charge in [0, 0.05) is 13.0 Å². The van der Waals surface area contributed by atoms with Crippen LogP contribution in [-0.2, 0) is 10.3 Å². The van der Waals surface area contributed by atoms with Crippen molar-refractivity contribution in [1.82, 2.24) is 5.32 Å². The molecule has 0 radical (unpaired) electrons. The molecule has 19 heavy (non-hydrogen) atoms. The van der Waals surface area contributed by atoms with Gasteiger partial charge in [0.15, 0.2) is 0 Å². The number of amides is 1. The highest BCUT2D eigenvalue weighted by Crippen LogP contribution is 2.39.